The first-order valence-electron chi connectivity index (χ1n) is 5.74. The van der Waals surface area contributed by atoms with Crippen LogP contribution in [0.3, 0.4) is 0 Å². The van der Waals surface area contributed by atoms with Gasteiger partial charge in [-0.3, -0.25) is 0 Å². The molecule has 0 fully saturated rings. The van der Waals surface area contributed by atoms with Crippen LogP contribution in [0.1, 0.15) is 18.1 Å². The molecular formula is C12H17F3O3Si. The number of benzene rings is 1. The fourth-order valence-corrected chi connectivity index (χ4v) is 2.50. The average Bonchev–Trinajstić information content (AvgIpc) is 2.35. The normalized spacial score (nSPS) is 13.8. The minimum atomic E-state index is -4.30. The molecule has 0 aliphatic carbocycles. The standard InChI is InChI=1S/C12H17F3O3Si/c1-9(18-19(16-2)17-3)8-10-4-6-11(7-5-10)12(13,14)15/h4-7,9,19H,8H2,1-3H3. The molecule has 7 heteroatoms. The number of rotatable bonds is 6. The third-order valence-corrected chi connectivity index (χ3v) is 3.99. The van der Waals surface area contributed by atoms with Gasteiger partial charge in [-0.05, 0) is 31.0 Å². The second kappa shape index (κ2) is 7.04. The smallest absolute Gasteiger partial charge is 0.379 e. The van der Waals surface area contributed by atoms with Gasteiger partial charge in [-0.1, -0.05) is 12.1 Å². The summed E-state index contributed by atoms with van der Waals surface area (Å²) < 4.78 is 52.7. The molecule has 1 atom stereocenters. The molecule has 0 heterocycles. The molecule has 108 valence electrons. The van der Waals surface area contributed by atoms with Crippen molar-refractivity contribution >= 4 is 9.53 Å². The van der Waals surface area contributed by atoms with Crippen LogP contribution in [0.15, 0.2) is 24.3 Å². The zero-order valence-corrected chi connectivity index (χ0v) is 12.2. The summed E-state index contributed by atoms with van der Waals surface area (Å²) in [6.45, 7) is 1.83. The van der Waals surface area contributed by atoms with Gasteiger partial charge in [-0.2, -0.15) is 13.2 Å². The molecule has 1 rings (SSSR count). The second-order valence-corrected chi connectivity index (χ2v) is 5.90. The molecule has 19 heavy (non-hydrogen) atoms. The van der Waals surface area contributed by atoms with E-state index in [1.54, 1.807) is 0 Å². The minimum absolute atomic E-state index is 0.173. The summed E-state index contributed by atoms with van der Waals surface area (Å²) in [4.78, 5) is 0. The van der Waals surface area contributed by atoms with Gasteiger partial charge in [-0.15, -0.1) is 0 Å². The van der Waals surface area contributed by atoms with Crippen molar-refractivity contribution in [3.8, 4) is 0 Å². The summed E-state index contributed by atoms with van der Waals surface area (Å²) in [5.41, 5.74) is 0.131. The van der Waals surface area contributed by atoms with Gasteiger partial charge >= 0.3 is 15.7 Å². The number of halogens is 3. The Balaban J connectivity index is 2.58. The lowest BCUT2D eigenvalue weighted by Gasteiger charge is -2.18. The molecule has 1 aromatic carbocycles. The molecule has 0 spiro atoms. The van der Waals surface area contributed by atoms with Gasteiger partial charge in [0.25, 0.3) is 0 Å². The van der Waals surface area contributed by atoms with Crippen LogP contribution < -0.4 is 0 Å². The van der Waals surface area contributed by atoms with Crippen molar-refractivity contribution in [2.45, 2.75) is 25.6 Å². The monoisotopic (exact) mass is 294 g/mol. The first-order chi connectivity index (χ1) is 8.86. The van der Waals surface area contributed by atoms with E-state index in [1.807, 2.05) is 6.92 Å². The summed E-state index contributed by atoms with van der Waals surface area (Å²) in [6, 6.07) is 5.06. The van der Waals surface area contributed by atoms with Crippen LogP contribution in [-0.2, 0) is 25.9 Å². The Bertz CT molecular complexity index is 377. The fourth-order valence-electron chi connectivity index (χ4n) is 1.61. The topological polar surface area (TPSA) is 27.7 Å². The van der Waals surface area contributed by atoms with Gasteiger partial charge in [0.1, 0.15) is 0 Å². The van der Waals surface area contributed by atoms with Crippen molar-refractivity contribution in [1.29, 1.82) is 0 Å². The Morgan fingerprint density at radius 3 is 2.05 bits per heavy atom. The second-order valence-electron chi connectivity index (χ2n) is 4.11. The van der Waals surface area contributed by atoms with Crippen LogP contribution >= 0.6 is 0 Å². The van der Waals surface area contributed by atoms with Gasteiger partial charge in [0, 0.05) is 14.2 Å². The highest BCUT2D eigenvalue weighted by molar-refractivity contribution is 6.36. The van der Waals surface area contributed by atoms with Gasteiger partial charge in [-0.25, -0.2) is 0 Å². The van der Waals surface area contributed by atoms with Crippen molar-refractivity contribution in [2.75, 3.05) is 14.2 Å². The van der Waals surface area contributed by atoms with Crippen LogP contribution in [0, 0.1) is 0 Å². The van der Waals surface area contributed by atoms with Crippen molar-refractivity contribution in [3.05, 3.63) is 35.4 Å². The van der Waals surface area contributed by atoms with E-state index in [0.29, 0.717) is 6.42 Å². The minimum Gasteiger partial charge on any atom is -0.379 e. The predicted octanol–water partition coefficient (Wildman–Crippen LogP) is 2.66. The lowest BCUT2D eigenvalue weighted by molar-refractivity contribution is -0.137. The maximum absolute atomic E-state index is 12.4. The van der Waals surface area contributed by atoms with Gasteiger partial charge in [0.05, 0.1) is 11.7 Å². The third-order valence-electron chi connectivity index (χ3n) is 2.53. The summed E-state index contributed by atoms with van der Waals surface area (Å²) in [5.74, 6) is 0. The number of hydrogen-bond donors (Lipinski definition) is 0. The molecule has 0 bridgehead atoms. The number of alkyl halides is 3. The SMILES string of the molecule is CO[SiH](OC)OC(C)Cc1ccc(C(F)(F)F)cc1. The molecule has 3 nitrogen and oxygen atoms in total. The molecule has 0 saturated carbocycles. The molecule has 0 saturated heterocycles. The highest BCUT2D eigenvalue weighted by Crippen LogP contribution is 2.29. The fraction of sp³-hybridized carbons (Fsp3) is 0.500. The largest absolute Gasteiger partial charge is 0.483 e. The van der Waals surface area contributed by atoms with E-state index in [9.17, 15) is 13.2 Å². The van der Waals surface area contributed by atoms with Crippen LogP contribution in [0.5, 0.6) is 0 Å². The number of hydrogen-bond acceptors (Lipinski definition) is 3. The van der Waals surface area contributed by atoms with Crippen LogP contribution in [0.4, 0.5) is 13.2 Å². The van der Waals surface area contributed by atoms with E-state index >= 15 is 0 Å². The van der Waals surface area contributed by atoms with Crippen molar-refractivity contribution in [1.82, 2.24) is 0 Å². The van der Waals surface area contributed by atoms with Crippen molar-refractivity contribution < 1.29 is 26.4 Å². The summed E-state index contributed by atoms with van der Waals surface area (Å²) in [7, 11) is 0.902. The lowest BCUT2D eigenvalue weighted by atomic mass is 10.1. The van der Waals surface area contributed by atoms with E-state index in [4.69, 9.17) is 13.3 Å². The molecule has 0 aromatic heterocycles. The summed E-state index contributed by atoms with van der Waals surface area (Å²) in [5, 5.41) is 0. The molecule has 0 radical (unpaired) electrons. The highest BCUT2D eigenvalue weighted by atomic mass is 28.3. The van der Waals surface area contributed by atoms with Crippen LogP contribution in [0.2, 0.25) is 0 Å². The van der Waals surface area contributed by atoms with E-state index in [-0.39, 0.29) is 6.10 Å². The zero-order valence-electron chi connectivity index (χ0n) is 11.0. The molecule has 0 N–H and O–H groups in total. The molecule has 0 aliphatic heterocycles. The van der Waals surface area contributed by atoms with Gasteiger partial charge < -0.3 is 13.3 Å². The molecule has 0 amide bonds. The zero-order chi connectivity index (χ0) is 14.5. The quantitative estimate of drug-likeness (QED) is 0.755. The van der Waals surface area contributed by atoms with E-state index < -0.39 is 21.3 Å². The Morgan fingerprint density at radius 2 is 1.63 bits per heavy atom. The molecular weight excluding hydrogens is 277 g/mol. The highest BCUT2D eigenvalue weighted by Gasteiger charge is 2.30. The third kappa shape index (κ3) is 5.31. The molecule has 1 aromatic rings. The first-order valence-corrected chi connectivity index (χ1v) is 7.15. The summed E-state index contributed by atoms with van der Waals surface area (Å²) in [6.07, 6.45) is -3.97. The van der Waals surface area contributed by atoms with Crippen LogP contribution in [-0.4, -0.2) is 29.9 Å². The van der Waals surface area contributed by atoms with Crippen molar-refractivity contribution in [2.24, 2.45) is 0 Å². The maximum atomic E-state index is 12.4. The van der Waals surface area contributed by atoms with E-state index in [0.717, 1.165) is 17.7 Å². The Hall–Kier alpha value is -0.893. The van der Waals surface area contributed by atoms with Crippen LogP contribution in [0.25, 0.3) is 0 Å². The van der Waals surface area contributed by atoms with E-state index in [2.05, 4.69) is 0 Å². The van der Waals surface area contributed by atoms with Gasteiger partial charge in [0.2, 0.25) is 0 Å². The average molecular weight is 294 g/mol. The molecule has 0 aliphatic rings. The first kappa shape index (κ1) is 16.2. The van der Waals surface area contributed by atoms with Crippen molar-refractivity contribution in [3.63, 3.8) is 0 Å². The van der Waals surface area contributed by atoms with E-state index in [1.165, 1.54) is 26.4 Å². The predicted molar refractivity (Wildman–Crippen MR) is 66.9 cm³/mol. The Kier molecular flexibility index (Phi) is 5.99. The Morgan fingerprint density at radius 1 is 1.11 bits per heavy atom. The maximum Gasteiger partial charge on any atom is 0.483 e. The molecule has 1 unspecified atom stereocenters. The summed E-state index contributed by atoms with van der Waals surface area (Å²) >= 11 is 0. The lowest BCUT2D eigenvalue weighted by Crippen LogP contribution is -2.29. The van der Waals surface area contributed by atoms with Gasteiger partial charge in [0.15, 0.2) is 0 Å². The Labute approximate surface area is 112 Å².